The van der Waals surface area contributed by atoms with E-state index >= 15 is 0 Å². The highest BCUT2D eigenvalue weighted by Crippen LogP contribution is 2.42. The number of piperidine rings is 1. The van der Waals surface area contributed by atoms with Crippen molar-refractivity contribution in [3.05, 3.63) is 0 Å². The van der Waals surface area contributed by atoms with Crippen LogP contribution in [0.4, 0.5) is 0 Å². The molecule has 10 heteroatoms. The third kappa shape index (κ3) is 10.3. The first-order valence-corrected chi connectivity index (χ1v) is 26.5. The van der Waals surface area contributed by atoms with Crippen LogP contribution in [0.1, 0.15) is 19.3 Å². The van der Waals surface area contributed by atoms with Gasteiger partial charge in [0.1, 0.15) is 18.3 Å². The molecular formula is C23H53NO5Si4. The van der Waals surface area contributed by atoms with E-state index in [1.807, 2.05) is 0 Å². The van der Waals surface area contributed by atoms with E-state index in [0.717, 1.165) is 19.6 Å². The molecule has 0 saturated carbocycles. The van der Waals surface area contributed by atoms with Gasteiger partial charge in [-0.05, 0) is 104 Å². The zero-order valence-corrected chi connectivity index (χ0v) is 27.7. The Balaban J connectivity index is 2.51. The fraction of sp³-hybridized carbons (Fsp3) is 1.00. The van der Waals surface area contributed by atoms with Crippen LogP contribution in [0.15, 0.2) is 0 Å². The van der Waals surface area contributed by atoms with Crippen molar-refractivity contribution in [2.45, 2.75) is 122 Å². The van der Waals surface area contributed by atoms with E-state index in [9.17, 15) is 0 Å². The quantitative estimate of drug-likeness (QED) is 0.316. The number of hydrogen-bond donors (Lipinski definition) is 0. The summed E-state index contributed by atoms with van der Waals surface area (Å²) in [5, 5.41) is 0. The van der Waals surface area contributed by atoms with Crippen LogP contribution in [0.5, 0.6) is 0 Å². The van der Waals surface area contributed by atoms with Crippen molar-refractivity contribution in [3.8, 4) is 0 Å². The van der Waals surface area contributed by atoms with Gasteiger partial charge in [0.25, 0.3) is 0 Å². The lowest BCUT2D eigenvalue weighted by atomic mass is 10.0. The molecule has 6 nitrogen and oxygen atoms in total. The maximum atomic E-state index is 7.02. The minimum absolute atomic E-state index is 0.180. The molecular weight excluding hydrogens is 483 g/mol. The van der Waals surface area contributed by atoms with Gasteiger partial charge in [-0.3, -0.25) is 4.90 Å². The van der Waals surface area contributed by atoms with Gasteiger partial charge in [0.15, 0.2) is 33.3 Å². The van der Waals surface area contributed by atoms with E-state index in [4.69, 9.17) is 22.4 Å². The van der Waals surface area contributed by atoms with Gasteiger partial charge in [-0.15, -0.1) is 0 Å². The molecule has 2 rings (SSSR count). The van der Waals surface area contributed by atoms with Crippen molar-refractivity contribution in [1.29, 1.82) is 0 Å². The maximum Gasteiger partial charge on any atom is 0.200 e. The van der Waals surface area contributed by atoms with Gasteiger partial charge in [-0.2, -0.15) is 0 Å². The van der Waals surface area contributed by atoms with Gasteiger partial charge in [-0.25, -0.2) is 0 Å². The summed E-state index contributed by atoms with van der Waals surface area (Å²) in [6.45, 7) is 30.4. The van der Waals surface area contributed by atoms with Crippen molar-refractivity contribution < 1.29 is 22.4 Å². The zero-order chi connectivity index (χ0) is 25.3. The van der Waals surface area contributed by atoms with Gasteiger partial charge in [0.2, 0.25) is 5.79 Å². The number of ether oxygens (including phenoxy) is 1. The van der Waals surface area contributed by atoms with Crippen LogP contribution >= 0.6 is 0 Å². The average Bonchev–Trinajstić information content (AvgIpc) is 2.82. The normalized spacial score (nSPS) is 30.7. The molecule has 0 aromatic heterocycles. The van der Waals surface area contributed by atoms with E-state index in [1.54, 1.807) is 0 Å². The Morgan fingerprint density at radius 1 is 0.727 bits per heavy atom. The Kier molecular flexibility index (Phi) is 9.89. The van der Waals surface area contributed by atoms with Crippen LogP contribution in [-0.4, -0.2) is 88.5 Å². The standard InChI is InChI=1S/C23H53NO5Si4/c1-30(2,3)25-18-20-21(27-31(4,5)6)22(28-32(7,8)9)23(26-20,29-33(10,11)12)19-24-16-14-13-15-17-24/h20-22H,13-19H2,1-12H3/t20-,21-,22+,23+/m1/s1. The van der Waals surface area contributed by atoms with Crippen LogP contribution in [-0.2, 0) is 22.4 Å². The molecule has 0 aliphatic carbocycles. The van der Waals surface area contributed by atoms with Gasteiger partial charge < -0.3 is 22.4 Å². The molecule has 2 fully saturated rings. The zero-order valence-electron chi connectivity index (χ0n) is 23.7. The fourth-order valence-electron chi connectivity index (χ4n) is 4.57. The first-order valence-electron chi connectivity index (χ1n) is 12.9. The lowest BCUT2D eigenvalue weighted by molar-refractivity contribution is -0.223. The van der Waals surface area contributed by atoms with Crippen molar-refractivity contribution in [2.24, 2.45) is 0 Å². The van der Waals surface area contributed by atoms with Crippen molar-refractivity contribution >= 4 is 33.3 Å². The molecule has 0 aromatic rings. The molecule has 0 N–H and O–H groups in total. The molecule has 2 saturated heterocycles. The Labute approximate surface area is 208 Å². The van der Waals surface area contributed by atoms with Crippen LogP contribution in [0, 0.1) is 0 Å². The summed E-state index contributed by atoms with van der Waals surface area (Å²) < 4.78 is 34.2. The van der Waals surface area contributed by atoms with E-state index < -0.39 is 39.1 Å². The van der Waals surface area contributed by atoms with Crippen LogP contribution in [0.3, 0.4) is 0 Å². The predicted octanol–water partition coefficient (Wildman–Crippen LogP) is 5.71. The second-order valence-electron chi connectivity index (χ2n) is 13.8. The summed E-state index contributed by atoms with van der Waals surface area (Å²) in [6, 6.07) is 0. The van der Waals surface area contributed by atoms with E-state index in [0.29, 0.717) is 6.61 Å². The summed E-state index contributed by atoms with van der Waals surface area (Å²) >= 11 is 0. The van der Waals surface area contributed by atoms with Gasteiger partial charge in [-0.1, -0.05) is 6.42 Å². The topological polar surface area (TPSA) is 49.4 Å². The molecule has 2 heterocycles. The summed E-state index contributed by atoms with van der Waals surface area (Å²) in [4.78, 5) is 2.53. The fourth-order valence-corrected chi connectivity index (χ4v) is 8.67. The molecule has 0 aromatic carbocycles. The number of hydrogen-bond acceptors (Lipinski definition) is 6. The molecule has 0 amide bonds. The Morgan fingerprint density at radius 2 is 1.27 bits per heavy atom. The molecule has 4 atom stereocenters. The highest BCUT2D eigenvalue weighted by atomic mass is 28.4. The van der Waals surface area contributed by atoms with Crippen molar-refractivity contribution in [3.63, 3.8) is 0 Å². The summed E-state index contributed by atoms with van der Waals surface area (Å²) in [6.07, 6.45) is 3.16. The molecule has 2 aliphatic heterocycles. The summed E-state index contributed by atoms with van der Waals surface area (Å²) in [5.41, 5.74) is 0. The van der Waals surface area contributed by atoms with Crippen LogP contribution in [0.2, 0.25) is 78.6 Å². The predicted molar refractivity (Wildman–Crippen MR) is 148 cm³/mol. The largest absolute Gasteiger partial charge is 0.415 e. The highest BCUT2D eigenvalue weighted by Gasteiger charge is 2.61. The highest BCUT2D eigenvalue weighted by molar-refractivity contribution is 6.71. The first kappa shape index (κ1) is 29.9. The average molecular weight is 536 g/mol. The number of nitrogens with zero attached hydrogens (tertiary/aromatic N) is 1. The second-order valence-corrected chi connectivity index (χ2v) is 31.7. The number of likely N-dealkylation sites (tertiary alicyclic amines) is 1. The first-order chi connectivity index (χ1) is 14.8. The summed E-state index contributed by atoms with van der Waals surface area (Å²) in [7, 11) is -7.48. The Morgan fingerprint density at radius 3 is 1.73 bits per heavy atom. The van der Waals surface area contributed by atoms with Gasteiger partial charge in [0.05, 0.1) is 13.2 Å². The maximum absolute atomic E-state index is 7.02. The molecule has 2 aliphatic rings. The van der Waals surface area contributed by atoms with Gasteiger partial charge >= 0.3 is 0 Å². The molecule has 0 unspecified atom stereocenters. The lowest BCUT2D eigenvalue weighted by Gasteiger charge is -2.45. The molecule has 0 radical (unpaired) electrons. The smallest absolute Gasteiger partial charge is 0.200 e. The van der Waals surface area contributed by atoms with Crippen LogP contribution < -0.4 is 0 Å². The minimum atomic E-state index is -1.97. The lowest BCUT2D eigenvalue weighted by Crippen LogP contribution is -2.61. The molecule has 196 valence electrons. The van der Waals surface area contributed by atoms with Gasteiger partial charge in [0, 0.05) is 0 Å². The third-order valence-electron chi connectivity index (χ3n) is 5.47. The van der Waals surface area contributed by atoms with E-state index in [-0.39, 0.29) is 18.3 Å². The summed E-state index contributed by atoms with van der Waals surface area (Å²) in [5.74, 6) is -0.820. The SMILES string of the molecule is C[Si](C)(C)OC[C@H]1O[C@@](CN2CCCCC2)(O[Si](C)(C)C)[C@@H](O[Si](C)(C)C)[C@@H]1O[Si](C)(C)C. The number of rotatable bonds is 11. The van der Waals surface area contributed by atoms with Crippen molar-refractivity contribution in [2.75, 3.05) is 26.2 Å². The molecule has 0 bridgehead atoms. The third-order valence-corrected chi connectivity index (χ3v) is 9.40. The Hall–Kier alpha value is 0.628. The Bertz CT molecular complexity index is 620. The van der Waals surface area contributed by atoms with E-state index in [2.05, 4.69) is 83.5 Å². The minimum Gasteiger partial charge on any atom is -0.415 e. The van der Waals surface area contributed by atoms with Crippen molar-refractivity contribution in [1.82, 2.24) is 4.90 Å². The monoisotopic (exact) mass is 535 g/mol. The van der Waals surface area contributed by atoms with Crippen LogP contribution in [0.25, 0.3) is 0 Å². The van der Waals surface area contributed by atoms with E-state index in [1.165, 1.54) is 19.3 Å². The molecule has 33 heavy (non-hydrogen) atoms. The molecule has 0 spiro atoms. The second kappa shape index (κ2) is 10.9.